The molecule has 6 nitrogen and oxygen atoms in total. The Morgan fingerprint density at radius 1 is 1.33 bits per heavy atom. The molecule has 0 fully saturated rings. The first-order chi connectivity index (χ1) is 7.28. The lowest BCUT2D eigenvalue weighted by Crippen LogP contribution is -2.10. The maximum Gasteiger partial charge on any atom is 0.158 e. The lowest BCUT2D eigenvalue weighted by molar-refractivity contribution is 0.669. The zero-order valence-electron chi connectivity index (χ0n) is 8.38. The van der Waals surface area contributed by atoms with Gasteiger partial charge in [-0.25, -0.2) is 10.8 Å². The van der Waals surface area contributed by atoms with Crippen molar-refractivity contribution in [1.82, 2.24) is 19.7 Å². The summed E-state index contributed by atoms with van der Waals surface area (Å²) in [5.74, 6) is 5.74. The smallest absolute Gasteiger partial charge is 0.158 e. The maximum atomic E-state index is 5.19. The number of aromatic nitrogens is 4. The number of hydrogen-bond donors (Lipinski definition) is 2. The molecule has 0 saturated heterocycles. The Kier molecular flexibility index (Phi) is 2.59. The number of aryl methyl sites for hydroxylation is 1. The zero-order chi connectivity index (χ0) is 10.7. The van der Waals surface area contributed by atoms with Gasteiger partial charge in [-0.3, -0.25) is 9.67 Å². The fourth-order valence-electron chi connectivity index (χ4n) is 1.23. The summed E-state index contributed by atoms with van der Waals surface area (Å²) in [6.07, 6.45) is 7.03. The Morgan fingerprint density at radius 2 is 2.20 bits per heavy atom. The average molecular weight is 204 g/mol. The van der Waals surface area contributed by atoms with Crippen molar-refractivity contribution in [2.45, 2.75) is 13.5 Å². The topological polar surface area (TPSA) is 81.7 Å². The quantitative estimate of drug-likeness (QED) is 0.555. The van der Waals surface area contributed by atoms with Crippen LogP contribution in [0.4, 0.5) is 5.82 Å². The van der Waals surface area contributed by atoms with Gasteiger partial charge < -0.3 is 5.43 Å². The van der Waals surface area contributed by atoms with Gasteiger partial charge in [0.05, 0.1) is 30.8 Å². The summed E-state index contributed by atoms with van der Waals surface area (Å²) in [6, 6.07) is 0. The van der Waals surface area contributed by atoms with E-state index in [1.54, 1.807) is 12.4 Å². The van der Waals surface area contributed by atoms with Crippen LogP contribution in [0.3, 0.4) is 0 Å². The highest BCUT2D eigenvalue weighted by atomic mass is 15.3. The van der Waals surface area contributed by atoms with Gasteiger partial charge in [0.2, 0.25) is 0 Å². The number of nitrogens with two attached hydrogens (primary N) is 1. The molecule has 3 N–H and O–H groups in total. The van der Waals surface area contributed by atoms with Crippen LogP contribution in [-0.2, 0) is 6.54 Å². The van der Waals surface area contributed by atoms with Crippen molar-refractivity contribution in [3.8, 4) is 0 Å². The van der Waals surface area contributed by atoms with Gasteiger partial charge in [-0.1, -0.05) is 0 Å². The Morgan fingerprint density at radius 3 is 2.73 bits per heavy atom. The third-order valence-electron chi connectivity index (χ3n) is 1.94. The average Bonchev–Trinajstić information content (AvgIpc) is 2.65. The molecule has 0 aliphatic heterocycles. The molecule has 15 heavy (non-hydrogen) atoms. The van der Waals surface area contributed by atoms with E-state index in [4.69, 9.17) is 5.84 Å². The first-order valence-electron chi connectivity index (χ1n) is 4.54. The first-order valence-corrected chi connectivity index (χ1v) is 4.54. The van der Waals surface area contributed by atoms with Crippen LogP contribution in [-0.4, -0.2) is 19.7 Å². The second kappa shape index (κ2) is 4.05. The molecule has 2 rings (SSSR count). The molecule has 0 amide bonds. The number of nitrogens with zero attached hydrogens (tertiary/aromatic N) is 4. The monoisotopic (exact) mass is 204 g/mol. The summed E-state index contributed by atoms with van der Waals surface area (Å²) in [4.78, 5) is 8.25. The summed E-state index contributed by atoms with van der Waals surface area (Å²) >= 11 is 0. The molecule has 2 heterocycles. The molecule has 0 spiro atoms. The third-order valence-corrected chi connectivity index (χ3v) is 1.94. The minimum absolute atomic E-state index is 0.551. The molecule has 0 aromatic carbocycles. The van der Waals surface area contributed by atoms with E-state index in [0.717, 1.165) is 11.3 Å². The molecule has 78 valence electrons. The molecular weight excluding hydrogens is 192 g/mol. The molecule has 0 aliphatic rings. The first kappa shape index (κ1) is 9.60. The summed E-state index contributed by atoms with van der Waals surface area (Å²) in [6.45, 7) is 2.61. The van der Waals surface area contributed by atoms with Gasteiger partial charge in [0, 0.05) is 6.20 Å². The summed E-state index contributed by atoms with van der Waals surface area (Å²) in [7, 11) is 0. The number of hydrogen-bond acceptors (Lipinski definition) is 5. The predicted molar refractivity (Wildman–Crippen MR) is 55.9 cm³/mol. The number of anilines is 1. The van der Waals surface area contributed by atoms with Crippen LogP contribution in [0.15, 0.2) is 24.8 Å². The molecule has 0 saturated carbocycles. The van der Waals surface area contributed by atoms with Crippen molar-refractivity contribution in [3.63, 3.8) is 0 Å². The van der Waals surface area contributed by atoms with E-state index in [2.05, 4.69) is 20.5 Å². The van der Waals surface area contributed by atoms with Crippen LogP contribution in [0, 0.1) is 6.92 Å². The van der Waals surface area contributed by atoms with Crippen LogP contribution in [0.25, 0.3) is 0 Å². The number of rotatable bonds is 3. The molecular formula is C9H12N6. The molecule has 0 aliphatic carbocycles. The Hall–Kier alpha value is -1.95. The molecule has 0 bridgehead atoms. The number of hydrazine groups is 1. The van der Waals surface area contributed by atoms with Crippen LogP contribution in [0.5, 0.6) is 0 Å². The van der Waals surface area contributed by atoms with Crippen molar-refractivity contribution in [2.75, 3.05) is 5.43 Å². The minimum atomic E-state index is 0.551. The van der Waals surface area contributed by atoms with E-state index < -0.39 is 0 Å². The SMILES string of the molecule is Cc1cnn(Cc2cnc(NN)cn2)c1. The van der Waals surface area contributed by atoms with Crippen molar-refractivity contribution in [2.24, 2.45) is 5.84 Å². The standard InChI is InChI=1S/C9H12N6/c1-7-2-13-15(5-7)6-8-3-12-9(14-10)4-11-8/h2-5H,6,10H2,1H3,(H,12,14). The fraction of sp³-hybridized carbons (Fsp3) is 0.222. The number of nitrogens with one attached hydrogen (secondary N) is 1. The molecule has 0 radical (unpaired) electrons. The van der Waals surface area contributed by atoms with Crippen molar-refractivity contribution in [3.05, 3.63) is 36.0 Å². The maximum absolute atomic E-state index is 5.19. The van der Waals surface area contributed by atoms with E-state index in [0.29, 0.717) is 12.4 Å². The fourth-order valence-corrected chi connectivity index (χ4v) is 1.23. The van der Waals surface area contributed by atoms with Crippen LogP contribution >= 0.6 is 0 Å². The second-order valence-corrected chi connectivity index (χ2v) is 3.25. The Balaban J connectivity index is 2.11. The molecule has 2 aromatic rings. The van der Waals surface area contributed by atoms with Gasteiger partial charge in [0.15, 0.2) is 5.82 Å². The van der Waals surface area contributed by atoms with E-state index in [1.165, 1.54) is 0 Å². The highest BCUT2D eigenvalue weighted by Gasteiger charge is 1.99. The second-order valence-electron chi connectivity index (χ2n) is 3.25. The van der Waals surface area contributed by atoms with Crippen molar-refractivity contribution in [1.29, 1.82) is 0 Å². The van der Waals surface area contributed by atoms with Crippen LogP contribution < -0.4 is 11.3 Å². The van der Waals surface area contributed by atoms with E-state index in [1.807, 2.05) is 24.0 Å². The predicted octanol–water partition coefficient (Wildman–Crippen LogP) is 0.315. The molecule has 0 unspecified atom stereocenters. The van der Waals surface area contributed by atoms with Gasteiger partial charge in [-0.2, -0.15) is 5.10 Å². The highest BCUT2D eigenvalue weighted by Crippen LogP contribution is 2.02. The number of nitrogen functional groups attached to an aromatic ring is 1. The van der Waals surface area contributed by atoms with Gasteiger partial charge in [-0.15, -0.1) is 0 Å². The largest absolute Gasteiger partial charge is 0.307 e. The minimum Gasteiger partial charge on any atom is -0.307 e. The molecule has 0 atom stereocenters. The third kappa shape index (κ3) is 2.29. The Labute approximate surface area is 87.1 Å². The van der Waals surface area contributed by atoms with Crippen LogP contribution in [0.2, 0.25) is 0 Å². The zero-order valence-corrected chi connectivity index (χ0v) is 8.38. The van der Waals surface area contributed by atoms with Crippen molar-refractivity contribution < 1.29 is 0 Å². The summed E-state index contributed by atoms with van der Waals surface area (Å²) in [5, 5.41) is 4.16. The Bertz CT molecular complexity index is 432. The van der Waals surface area contributed by atoms with E-state index in [-0.39, 0.29) is 0 Å². The van der Waals surface area contributed by atoms with Gasteiger partial charge >= 0.3 is 0 Å². The highest BCUT2D eigenvalue weighted by molar-refractivity contribution is 5.28. The van der Waals surface area contributed by atoms with E-state index >= 15 is 0 Å². The van der Waals surface area contributed by atoms with E-state index in [9.17, 15) is 0 Å². The van der Waals surface area contributed by atoms with Gasteiger partial charge in [0.1, 0.15) is 0 Å². The molecule has 2 aromatic heterocycles. The van der Waals surface area contributed by atoms with Gasteiger partial charge in [0.25, 0.3) is 0 Å². The van der Waals surface area contributed by atoms with Crippen LogP contribution in [0.1, 0.15) is 11.3 Å². The molecule has 6 heteroatoms. The lowest BCUT2D eigenvalue weighted by atomic mass is 10.4. The van der Waals surface area contributed by atoms with Gasteiger partial charge in [-0.05, 0) is 12.5 Å². The lowest BCUT2D eigenvalue weighted by Gasteiger charge is -2.01. The normalized spacial score (nSPS) is 10.3. The summed E-state index contributed by atoms with van der Waals surface area (Å²) < 4.78 is 1.81. The summed E-state index contributed by atoms with van der Waals surface area (Å²) in [5.41, 5.74) is 4.40. The van der Waals surface area contributed by atoms with Crippen molar-refractivity contribution >= 4 is 5.82 Å².